The molecule has 0 aliphatic carbocycles. The van der Waals surface area contributed by atoms with Gasteiger partial charge in [-0.05, 0) is 0 Å². The molecule has 0 aliphatic heterocycles. The summed E-state index contributed by atoms with van der Waals surface area (Å²) in [6.45, 7) is 21.7. The van der Waals surface area contributed by atoms with E-state index in [-0.39, 0.29) is 72.8 Å². The normalized spacial score (nSPS) is 4.94. The van der Waals surface area contributed by atoms with Gasteiger partial charge in [-0.15, -0.1) is 0 Å². The summed E-state index contributed by atoms with van der Waals surface area (Å²) in [7, 11) is 2.50. The van der Waals surface area contributed by atoms with E-state index in [0.29, 0.717) is 0 Å². The standard InChI is InChI=1S/C4H9.2C3H7.C2H5.CH4.CH3.2Y/c1-3-4-2;2*1-3-2;1-2;;;;/h1,3-4H2,2H3;2*1,3H2,2H3;1H2,2H3;1H4;1H3;;/q4*-1;;-1;;+3/i;;;;;1T;;. The first-order chi connectivity index (χ1) is 6.74. The summed E-state index contributed by atoms with van der Waals surface area (Å²) in [5.74, 6) is 0. The fourth-order valence-corrected chi connectivity index (χ4v) is 0. The predicted molar refractivity (Wildman–Crippen MR) is 75.7 cm³/mol. The van der Waals surface area contributed by atoms with E-state index in [1.807, 2.05) is 13.8 Å². The van der Waals surface area contributed by atoms with Crippen LogP contribution >= 0.6 is 0 Å². The van der Waals surface area contributed by atoms with E-state index in [2.05, 4.69) is 42.0 Å². The minimum atomic E-state index is 0. The summed E-state index contributed by atoms with van der Waals surface area (Å²) in [6, 6.07) is 0. The molecule has 0 aromatic carbocycles. The Morgan fingerprint density at radius 3 is 1.00 bits per heavy atom. The van der Waals surface area contributed by atoms with Crippen molar-refractivity contribution in [2.24, 2.45) is 0 Å². The Morgan fingerprint density at radius 1 is 0.938 bits per heavy atom. The molecule has 0 aliphatic rings. The van der Waals surface area contributed by atoms with Gasteiger partial charge in [0.25, 0.3) is 0 Å². The van der Waals surface area contributed by atoms with E-state index < -0.39 is 0 Å². The van der Waals surface area contributed by atoms with E-state index in [0.717, 1.165) is 19.3 Å². The van der Waals surface area contributed by atoms with E-state index in [1.165, 1.54) is 6.42 Å². The van der Waals surface area contributed by atoms with Gasteiger partial charge in [0.15, 0.2) is 0 Å². The number of rotatable bonds is 1. The smallest absolute Gasteiger partial charge is 0.358 e. The van der Waals surface area contributed by atoms with Gasteiger partial charge in [-0.2, -0.15) is 26.2 Å². The Labute approximate surface area is 161 Å². The van der Waals surface area contributed by atoms with Gasteiger partial charge in [0.2, 0.25) is 0 Å². The first-order valence-corrected chi connectivity index (χ1v) is 4.83. The molecule has 16 heavy (non-hydrogen) atoms. The Hall–Kier alpha value is 2.21. The van der Waals surface area contributed by atoms with E-state index >= 15 is 0 Å². The molecule has 0 heterocycles. The van der Waals surface area contributed by atoms with E-state index in [1.54, 1.807) is 6.92 Å². The predicted octanol–water partition coefficient (Wildman–Crippen LogP) is 6.00. The van der Waals surface area contributed by atoms with Crippen molar-refractivity contribution < 1.29 is 66.8 Å². The monoisotopic (exact) mass is 383 g/mol. The van der Waals surface area contributed by atoms with Crippen LogP contribution in [0, 0.1) is 35.1 Å². The van der Waals surface area contributed by atoms with Crippen molar-refractivity contribution in [1.29, 1.82) is 0 Å². The van der Waals surface area contributed by atoms with Gasteiger partial charge < -0.3 is 35.1 Å². The summed E-state index contributed by atoms with van der Waals surface area (Å²) in [6.07, 6.45) is 4.28. The minimum Gasteiger partial charge on any atom is -0.358 e. The maximum absolute atomic E-state index is 5.50. The molecular weight excluding hydrogens is 346 g/mol. The molecule has 0 saturated heterocycles. The second kappa shape index (κ2) is 117. The SMILES string of the molecule is C.[3H][CH2-].[CH2-]C.[CH2-]CC.[CH2-]CC.[CH2-]CCC.[Y+3].[Y]. The van der Waals surface area contributed by atoms with Crippen LogP contribution in [0.2, 0.25) is 0 Å². The molecule has 0 saturated carbocycles. The Kier molecular flexibility index (Phi) is 315. The average molecular weight is 383 g/mol. The zero-order valence-corrected chi connectivity index (χ0v) is 17.2. The fraction of sp³-hybridized carbons (Fsp3) is 0.643. The Morgan fingerprint density at radius 2 is 1.00 bits per heavy atom. The topological polar surface area (TPSA) is 0 Å². The molecule has 1 radical (unpaired) electrons. The molecular formula is C14H35Y2-2. The van der Waals surface area contributed by atoms with Gasteiger partial charge in [0.05, 0.1) is 0 Å². The van der Waals surface area contributed by atoms with Crippen LogP contribution in [-0.2, 0) is 65.4 Å². The molecule has 99 valence electrons. The Bertz CT molecular complexity index is 26.2. The minimum absolute atomic E-state index is 0. The van der Waals surface area contributed by atoms with Crippen LogP contribution < -0.4 is 0 Å². The third kappa shape index (κ3) is 364. The third-order valence-electron chi connectivity index (χ3n) is 0.354. The van der Waals surface area contributed by atoms with Crippen LogP contribution in [0.5, 0.6) is 0 Å². The second-order valence-corrected chi connectivity index (χ2v) is 1.85. The van der Waals surface area contributed by atoms with Crippen molar-refractivity contribution in [3.63, 3.8) is 0 Å². The van der Waals surface area contributed by atoms with Crippen LogP contribution in [-0.4, -0.2) is 0 Å². The third-order valence-corrected chi connectivity index (χ3v) is 0.354. The van der Waals surface area contributed by atoms with Gasteiger partial charge in [-0.3, -0.25) is 0 Å². The van der Waals surface area contributed by atoms with Gasteiger partial charge in [-0.1, -0.05) is 34.6 Å². The molecule has 0 N–H and O–H groups in total. The molecule has 0 aromatic rings. The molecule has 2 heteroatoms. The van der Waals surface area contributed by atoms with Crippen molar-refractivity contribution >= 4 is 0 Å². The van der Waals surface area contributed by atoms with E-state index in [9.17, 15) is 0 Å². The first-order valence-electron chi connectivity index (χ1n) is 5.54. The van der Waals surface area contributed by atoms with Gasteiger partial charge in [-0.25, -0.2) is 1.37 Å². The molecule has 0 unspecified atom stereocenters. The largest absolute Gasteiger partial charge is 3.00 e. The summed E-state index contributed by atoms with van der Waals surface area (Å²) in [4.78, 5) is 0. The summed E-state index contributed by atoms with van der Waals surface area (Å²) in [5, 5.41) is 0. The van der Waals surface area contributed by atoms with Crippen LogP contribution in [0.1, 0.15) is 62.2 Å². The summed E-state index contributed by atoms with van der Waals surface area (Å²) in [5.41, 5.74) is 0. The molecule has 0 aromatic heterocycles. The number of unbranched alkanes of at least 4 members (excludes halogenated alkanes) is 1. The molecule has 0 nitrogen and oxygen atoms in total. The fourth-order valence-electron chi connectivity index (χ4n) is 0. The average Bonchev–Trinajstić information content (AvgIpc) is 2.26. The molecule has 0 amide bonds. The maximum Gasteiger partial charge on any atom is 3.00 e. The first kappa shape index (κ1) is 42.9. The van der Waals surface area contributed by atoms with Crippen LogP contribution in [0.25, 0.3) is 0 Å². The van der Waals surface area contributed by atoms with Crippen LogP contribution in [0.4, 0.5) is 0 Å². The summed E-state index contributed by atoms with van der Waals surface area (Å²) < 4.78 is 5.50. The Balaban J connectivity index is -0.00000000975. The molecule has 0 fully saturated rings. The second-order valence-electron chi connectivity index (χ2n) is 1.85. The number of hydrogen-bond donors (Lipinski definition) is 0. The summed E-state index contributed by atoms with van der Waals surface area (Å²) >= 11 is 0. The van der Waals surface area contributed by atoms with Gasteiger partial charge in [0.1, 0.15) is 0 Å². The molecule has 0 rings (SSSR count). The van der Waals surface area contributed by atoms with E-state index in [4.69, 9.17) is 1.37 Å². The van der Waals surface area contributed by atoms with Crippen molar-refractivity contribution in [3.05, 3.63) is 35.1 Å². The van der Waals surface area contributed by atoms with Crippen LogP contribution in [0.15, 0.2) is 0 Å². The van der Waals surface area contributed by atoms with Gasteiger partial charge >= 0.3 is 32.7 Å². The molecule has 0 spiro atoms. The number of hydrogen-bond acceptors (Lipinski definition) is 0. The zero-order valence-electron chi connectivity index (χ0n) is 12.5. The van der Waals surface area contributed by atoms with Crippen molar-refractivity contribution in [1.82, 2.24) is 0 Å². The molecule has 0 atom stereocenters. The quantitative estimate of drug-likeness (QED) is 0.487. The van der Waals surface area contributed by atoms with Crippen molar-refractivity contribution in [2.75, 3.05) is 0 Å². The molecule has 0 bridgehead atoms. The van der Waals surface area contributed by atoms with Crippen molar-refractivity contribution in [2.45, 2.75) is 60.8 Å². The van der Waals surface area contributed by atoms with Crippen LogP contribution in [0.3, 0.4) is 0 Å². The van der Waals surface area contributed by atoms with Gasteiger partial charge in [0, 0.05) is 32.7 Å². The maximum atomic E-state index is 5.50. The zero-order chi connectivity index (χ0) is 12.8. The van der Waals surface area contributed by atoms with Crippen molar-refractivity contribution in [3.8, 4) is 0 Å².